The van der Waals surface area contributed by atoms with E-state index in [1.54, 1.807) is 18.2 Å². The van der Waals surface area contributed by atoms with Crippen LogP contribution in [0.15, 0.2) is 53.8 Å². The van der Waals surface area contributed by atoms with Gasteiger partial charge in [-0.15, -0.1) is 5.73 Å². The Kier molecular flexibility index (Phi) is 2.53. The molecule has 0 aliphatic heterocycles. The third kappa shape index (κ3) is 2.25. The summed E-state index contributed by atoms with van der Waals surface area (Å²) in [6, 6.07) is 7.70. The molecular formula is C13H11NO. The van der Waals surface area contributed by atoms with Gasteiger partial charge in [0, 0.05) is 5.69 Å². The fourth-order valence-corrected chi connectivity index (χ4v) is 1.31. The third-order valence-electron chi connectivity index (χ3n) is 2.15. The molecule has 2 nitrogen and oxygen atoms in total. The molecule has 0 spiro atoms. The maximum Gasteiger partial charge on any atom is 0.263 e. The standard InChI is InChI=1S/C13H11NO/c1-10-6-8-12(9-7-10)14-13(15)11-4-2-3-5-11/h2-4,6-9H,1H3,(H,14,15). The van der Waals surface area contributed by atoms with Crippen molar-refractivity contribution < 1.29 is 4.79 Å². The van der Waals surface area contributed by atoms with Gasteiger partial charge in [0.05, 0.1) is 5.57 Å². The Bertz CT molecular complexity index is 474. The van der Waals surface area contributed by atoms with Crippen LogP contribution in [-0.4, -0.2) is 5.91 Å². The van der Waals surface area contributed by atoms with Crippen LogP contribution < -0.4 is 5.32 Å². The zero-order valence-corrected chi connectivity index (χ0v) is 8.45. The second-order valence-corrected chi connectivity index (χ2v) is 3.40. The van der Waals surface area contributed by atoms with Gasteiger partial charge in [-0.3, -0.25) is 4.79 Å². The van der Waals surface area contributed by atoms with E-state index < -0.39 is 0 Å². The molecule has 1 amide bonds. The van der Waals surface area contributed by atoms with E-state index in [1.807, 2.05) is 31.2 Å². The number of carbonyl (C=O) groups is 1. The smallest absolute Gasteiger partial charge is 0.263 e. The average molecular weight is 197 g/mol. The zero-order valence-electron chi connectivity index (χ0n) is 8.45. The molecule has 0 saturated heterocycles. The van der Waals surface area contributed by atoms with Gasteiger partial charge < -0.3 is 5.32 Å². The van der Waals surface area contributed by atoms with Crippen molar-refractivity contribution in [1.82, 2.24) is 0 Å². The number of rotatable bonds is 2. The highest BCUT2D eigenvalue weighted by molar-refractivity contribution is 6.06. The van der Waals surface area contributed by atoms with E-state index in [9.17, 15) is 4.79 Å². The Morgan fingerprint density at radius 2 is 2.00 bits per heavy atom. The summed E-state index contributed by atoms with van der Waals surface area (Å²) in [6.45, 7) is 2.01. The summed E-state index contributed by atoms with van der Waals surface area (Å²) in [6.07, 6.45) is 5.26. The van der Waals surface area contributed by atoms with Crippen LogP contribution in [0.2, 0.25) is 0 Å². The lowest BCUT2D eigenvalue weighted by molar-refractivity contribution is -0.112. The molecule has 0 aromatic heterocycles. The predicted molar refractivity (Wildman–Crippen MR) is 60.5 cm³/mol. The van der Waals surface area contributed by atoms with Crippen LogP contribution in [0.5, 0.6) is 0 Å². The fourth-order valence-electron chi connectivity index (χ4n) is 1.31. The molecule has 2 heteroatoms. The van der Waals surface area contributed by atoms with Crippen LogP contribution in [0.1, 0.15) is 5.56 Å². The van der Waals surface area contributed by atoms with Crippen molar-refractivity contribution in [3.05, 3.63) is 59.4 Å². The Morgan fingerprint density at radius 1 is 1.27 bits per heavy atom. The summed E-state index contributed by atoms with van der Waals surface area (Å²) in [5.74, 6) is -0.121. The molecule has 0 atom stereocenters. The highest BCUT2D eigenvalue weighted by atomic mass is 16.1. The van der Waals surface area contributed by atoms with Crippen LogP contribution >= 0.6 is 0 Å². The monoisotopic (exact) mass is 197 g/mol. The Morgan fingerprint density at radius 3 is 2.60 bits per heavy atom. The van der Waals surface area contributed by atoms with Gasteiger partial charge in [-0.2, -0.15) is 0 Å². The lowest BCUT2D eigenvalue weighted by atomic mass is 10.2. The Labute approximate surface area is 88.6 Å². The van der Waals surface area contributed by atoms with E-state index in [0.29, 0.717) is 5.57 Å². The van der Waals surface area contributed by atoms with Crippen molar-refractivity contribution in [3.8, 4) is 0 Å². The molecule has 1 aliphatic carbocycles. The second-order valence-electron chi connectivity index (χ2n) is 3.40. The molecular weight excluding hydrogens is 186 g/mol. The van der Waals surface area contributed by atoms with Crippen molar-refractivity contribution >= 4 is 11.6 Å². The first-order chi connectivity index (χ1) is 7.25. The number of aryl methyl sites for hydroxylation is 1. The molecule has 1 aromatic rings. The molecule has 1 N–H and O–H groups in total. The van der Waals surface area contributed by atoms with E-state index in [4.69, 9.17) is 0 Å². The predicted octanol–water partition coefficient (Wildman–Crippen LogP) is 2.58. The van der Waals surface area contributed by atoms with Gasteiger partial charge in [0.1, 0.15) is 0 Å². The van der Waals surface area contributed by atoms with Crippen LogP contribution in [0.25, 0.3) is 0 Å². The molecule has 0 unspecified atom stereocenters. The van der Waals surface area contributed by atoms with Crippen molar-refractivity contribution in [2.45, 2.75) is 6.92 Å². The first-order valence-electron chi connectivity index (χ1n) is 4.77. The van der Waals surface area contributed by atoms with Gasteiger partial charge in [0.25, 0.3) is 5.91 Å². The molecule has 0 fully saturated rings. The van der Waals surface area contributed by atoms with Crippen LogP contribution in [-0.2, 0) is 4.79 Å². The molecule has 0 bridgehead atoms. The van der Waals surface area contributed by atoms with Gasteiger partial charge in [-0.1, -0.05) is 23.8 Å². The van der Waals surface area contributed by atoms with Crippen molar-refractivity contribution in [2.75, 3.05) is 5.32 Å². The van der Waals surface area contributed by atoms with Crippen LogP contribution in [0, 0.1) is 6.92 Å². The number of nitrogens with one attached hydrogen (secondary N) is 1. The largest absolute Gasteiger partial charge is 0.321 e. The summed E-state index contributed by atoms with van der Waals surface area (Å²) in [5, 5.41) is 2.80. The van der Waals surface area contributed by atoms with E-state index in [2.05, 4.69) is 11.0 Å². The lowest BCUT2D eigenvalue weighted by Crippen LogP contribution is -2.12. The van der Waals surface area contributed by atoms with E-state index in [1.165, 1.54) is 5.56 Å². The highest BCUT2D eigenvalue weighted by Crippen LogP contribution is 2.11. The Hall–Kier alpha value is -2.05. The number of anilines is 1. The van der Waals surface area contributed by atoms with Crippen molar-refractivity contribution in [1.29, 1.82) is 0 Å². The maximum atomic E-state index is 11.6. The van der Waals surface area contributed by atoms with Crippen molar-refractivity contribution in [2.24, 2.45) is 0 Å². The number of carbonyl (C=O) groups excluding carboxylic acids is 1. The zero-order chi connectivity index (χ0) is 10.7. The van der Waals surface area contributed by atoms with Gasteiger partial charge in [-0.05, 0) is 31.2 Å². The molecule has 0 heterocycles. The topological polar surface area (TPSA) is 29.1 Å². The molecule has 1 aromatic carbocycles. The summed E-state index contributed by atoms with van der Waals surface area (Å²) < 4.78 is 0. The summed E-state index contributed by atoms with van der Waals surface area (Å²) in [4.78, 5) is 11.6. The van der Waals surface area contributed by atoms with E-state index >= 15 is 0 Å². The van der Waals surface area contributed by atoms with E-state index in [0.717, 1.165) is 5.69 Å². The minimum Gasteiger partial charge on any atom is -0.321 e. The van der Waals surface area contributed by atoms with Gasteiger partial charge >= 0.3 is 0 Å². The van der Waals surface area contributed by atoms with Crippen LogP contribution in [0.4, 0.5) is 5.69 Å². The van der Waals surface area contributed by atoms with Gasteiger partial charge in [0.2, 0.25) is 0 Å². The van der Waals surface area contributed by atoms with Gasteiger partial charge in [0.15, 0.2) is 0 Å². The minimum atomic E-state index is -0.121. The van der Waals surface area contributed by atoms with E-state index in [-0.39, 0.29) is 5.91 Å². The fraction of sp³-hybridized carbons (Fsp3) is 0.0769. The summed E-state index contributed by atoms with van der Waals surface area (Å²) in [5.41, 5.74) is 5.40. The normalized spacial score (nSPS) is 12.7. The van der Waals surface area contributed by atoms with Crippen molar-refractivity contribution in [3.63, 3.8) is 0 Å². The molecule has 0 radical (unpaired) electrons. The molecule has 0 saturated carbocycles. The first-order valence-corrected chi connectivity index (χ1v) is 4.77. The number of hydrogen-bond acceptors (Lipinski definition) is 1. The average Bonchev–Trinajstić information content (AvgIpc) is 2.74. The number of hydrogen-bond donors (Lipinski definition) is 1. The Balaban J connectivity index is 2.09. The number of benzene rings is 1. The molecule has 74 valence electrons. The SMILES string of the molecule is Cc1ccc(NC(=O)C2=C=CC=C2)cc1. The summed E-state index contributed by atoms with van der Waals surface area (Å²) in [7, 11) is 0. The number of amides is 1. The molecule has 15 heavy (non-hydrogen) atoms. The quantitative estimate of drug-likeness (QED) is 0.725. The second kappa shape index (κ2) is 3.99. The van der Waals surface area contributed by atoms with Gasteiger partial charge in [-0.25, -0.2) is 0 Å². The lowest BCUT2D eigenvalue weighted by Gasteiger charge is -2.03. The minimum absolute atomic E-state index is 0.121. The molecule has 2 rings (SSSR count). The number of allylic oxidation sites excluding steroid dienone is 1. The highest BCUT2D eigenvalue weighted by Gasteiger charge is 2.07. The van der Waals surface area contributed by atoms with Crippen LogP contribution in [0.3, 0.4) is 0 Å². The summed E-state index contributed by atoms with van der Waals surface area (Å²) >= 11 is 0. The first kappa shape index (κ1) is 9.50. The molecule has 1 aliphatic rings. The maximum absolute atomic E-state index is 11.6. The third-order valence-corrected chi connectivity index (χ3v) is 2.15.